The zero-order chi connectivity index (χ0) is 17.7. The van der Waals surface area contributed by atoms with Crippen molar-refractivity contribution in [3.63, 3.8) is 0 Å². The molecule has 1 saturated carbocycles. The van der Waals surface area contributed by atoms with Crippen LogP contribution in [0, 0.1) is 0 Å². The van der Waals surface area contributed by atoms with E-state index in [9.17, 15) is 9.90 Å². The standard InChI is InChI=1S/C20H19N3O3/c24-14-8-9-23(11-14)20(25)15-10-16(12-4-2-1-3-5-12)21-19-17(15)18(22-26-19)13-6-7-13/h1-5,10,13-14,24H,6-9,11H2/t14-/m0/s1. The maximum atomic E-state index is 13.2. The largest absolute Gasteiger partial charge is 0.391 e. The highest BCUT2D eigenvalue weighted by Gasteiger charge is 2.34. The van der Waals surface area contributed by atoms with Gasteiger partial charge in [0.25, 0.3) is 11.6 Å². The number of carbonyl (C=O) groups excluding carboxylic acids is 1. The number of amides is 1. The molecule has 3 heterocycles. The highest BCUT2D eigenvalue weighted by Crippen LogP contribution is 2.43. The highest BCUT2D eigenvalue weighted by molar-refractivity contribution is 6.07. The Morgan fingerprint density at radius 3 is 2.69 bits per heavy atom. The summed E-state index contributed by atoms with van der Waals surface area (Å²) in [6.07, 6.45) is 2.30. The van der Waals surface area contributed by atoms with E-state index in [4.69, 9.17) is 4.52 Å². The molecule has 1 aromatic carbocycles. The molecule has 6 nitrogen and oxygen atoms in total. The molecule has 0 spiro atoms. The van der Waals surface area contributed by atoms with Gasteiger partial charge >= 0.3 is 0 Å². The van der Waals surface area contributed by atoms with Crippen LogP contribution in [0.25, 0.3) is 22.4 Å². The second-order valence-electron chi connectivity index (χ2n) is 7.14. The van der Waals surface area contributed by atoms with Crippen LogP contribution in [0.15, 0.2) is 40.9 Å². The second-order valence-corrected chi connectivity index (χ2v) is 7.14. The van der Waals surface area contributed by atoms with Crippen molar-refractivity contribution in [3.8, 4) is 11.3 Å². The number of fused-ring (bicyclic) bond motifs is 1. The molecule has 1 amide bonds. The molecule has 1 saturated heterocycles. The summed E-state index contributed by atoms with van der Waals surface area (Å²) in [5.41, 5.74) is 3.45. The molecule has 1 atom stereocenters. The van der Waals surface area contributed by atoms with Gasteiger partial charge in [0.2, 0.25) is 0 Å². The zero-order valence-electron chi connectivity index (χ0n) is 14.3. The van der Waals surface area contributed by atoms with Crippen LogP contribution in [0.1, 0.15) is 41.2 Å². The quantitative estimate of drug-likeness (QED) is 0.786. The first kappa shape index (κ1) is 15.5. The van der Waals surface area contributed by atoms with Gasteiger partial charge in [0, 0.05) is 24.6 Å². The fraction of sp³-hybridized carbons (Fsp3) is 0.350. The molecule has 2 fully saturated rings. The molecule has 3 aromatic rings. The topological polar surface area (TPSA) is 79.5 Å². The van der Waals surface area contributed by atoms with Gasteiger partial charge in [-0.3, -0.25) is 4.79 Å². The lowest BCUT2D eigenvalue weighted by Crippen LogP contribution is -2.29. The molecule has 6 heteroatoms. The first-order valence-corrected chi connectivity index (χ1v) is 9.04. The van der Waals surface area contributed by atoms with Crippen LogP contribution in [0.5, 0.6) is 0 Å². The third kappa shape index (κ3) is 2.57. The molecular formula is C20H19N3O3. The number of likely N-dealkylation sites (tertiary alicyclic amines) is 1. The van der Waals surface area contributed by atoms with E-state index in [-0.39, 0.29) is 5.91 Å². The van der Waals surface area contributed by atoms with Crippen LogP contribution in [0.2, 0.25) is 0 Å². The van der Waals surface area contributed by atoms with Crippen molar-refractivity contribution >= 4 is 17.0 Å². The maximum Gasteiger partial charge on any atom is 0.259 e. The lowest BCUT2D eigenvalue weighted by Gasteiger charge is -2.16. The molecule has 26 heavy (non-hydrogen) atoms. The van der Waals surface area contributed by atoms with Crippen LogP contribution < -0.4 is 0 Å². The molecule has 0 radical (unpaired) electrons. The summed E-state index contributed by atoms with van der Waals surface area (Å²) >= 11 is 0. The summed E-state index contributed by atoms with van der Waals surface area (Å²) in [6, 6.07) is 11.6. The van der Waals surface area contributed by atoms with Crippen molar-refractivity contribution in [2.24, 2.45) is 0 Å². The van der Waals surface area contributed by atoms with E-state index in [0.29, 0.717) is 42.4 Å². The van der Waals surface area contributed by atoms with Crippen LogP contribution in [0.3, 0.4) is 0 Å². The Balaban J connectivity index is 1.67. The number of hydrogen-bond donors (Lipinski definition) is 1. The number of aromatic nitrogens is 2. The van der Waals surface area contributed by atoms with Crippen molar-refractivity contribution < 1.29 is 14.4 Å². The molecular weight excluding hydrogens is 330 g/mol. The summed E-state index contributed by atoms with van der Waals surface area (Å²) in [4.78, 5) is 19.5. The number of carbonyl (C=O) groups is 1. The van der Waals surface area contributed by atoms with Crippen molar-refractivity contribution in [1.82, 2.24) is 15.0 Å². The number of aliphatic hydroxyl groups excluding tert-OH is 1. The molecule has 2 aliphatic rings. The van der Waals surface area contributed by atoms with Gasteiger partial charge < -0.3 is 14.5 Å². The molecule has 1 N–H and O–H groups in total. The van der Waals surface area contributed by atoms with Crippen LogP contribution in [-0.2, 0) is 0 Å². The van der Waals surface area contributed by atoms with Crippen LogP contribution in [0.4, 0.5) is 0 Å². The average Bonchev–Trinajstić information content (AvgIpc) is 3.28. The van der Waals surface area contributed by atoms with Crippen LogP contribution >= 0.6 is 0 Å². The molecule has 132 valence electrons. The fourth-order valence-electron chi connectivity index (χ4n) is 3.63. The van der Waals surface area contributed by atoms with Crippen molar-refractivity contribution in [1.29, 1.82) is 0 Å². The first-order valence-electron chi connectivity index (χ1n) is 9.04. The van der Waals surface area contributed by atoms with E-state index >= 15 is 0 Å². The summed E-state index contributed by atoms with van der Waals surface area (Å²) in [5, 5.41) is 14.8. The van der Waals surface area contributed by atoms with Crippen LogP contribution in [-0.4, -0.2) is 45.2 Å². The maximum absolute atomic E-state index is 13.2. The Kier molecular flexibility index (Phi) is 3.53. The smallest absolute Gasteiger partial charge is 0.259 e. The van der Waals surface area contributed by atoms with E-state index in [1.165, 1.54) is 0 Å². The number of benzene rings is 1. The molecule has 2 aromatic heterocycles. The molecule has 1 aliphatic carbocycles. The third-order valence-electron chi connectivity index (χ3n) is 5.19. The summed E-state index contributed by atoms with van der Waals surface area (Å²) in [5.74, 6) is 0.271. The van der Waals surface area contributed by atoms with E-state index in [1.807, 2.05) is 36.4 Å². The minimum Gasteiger partial charge on any atom is -0.391 e. The Morgan fingerprint density at radius 2 is 2.00 bits per heavy atom. The minimum atomic E-state index is -0.449. The monoisotopic (exact) mass is 349 g/mol. The predicted octanol–water partition coefficient (Wildman–Crippen LogP) is 2.97. The Bertz CT molecular complexity index is 979. The Labute approximate surface area is 150 Å². The SMILES string of the molecule is O=C(c1cc(-c2ccccc2)nc2onc(C3CC3)c12)N1CC[C@H](O)C1. The van der Waals surface area contributed by atoms with Gasteiger partial charge in [0.15, 0.2) is 0 Å². The van der Waals surface area contributed by atoms with E-state index in [2.05, 4.69) is 10.1 Å². The molecule has 1 aliphatic heterocycles. The van der Waals surface area contributed by atoms with Gasteiger partial charge in [0.1, 0.15) is 0 Å². The number of β-amino-alcohol motifs (C(OH)–C–C–N with tert-alkyl or cyclic N) is 1. The third-order valence-corrected chi connectivity index (χ3v) is 5.19. The average molecular weight is 349 g/mol. The van der Waals surface area contributed by atoms with Gasteiger partial charge in [-0.25, -0.2) is 4.98 Å². The number of nitrogens with zero attached hydrogens (tertiary/aromatic N) is 3. The van der Waals surface area contributed by atoms with Gasteiger partial charge in [-0.15, -0.1) is 0 Å². The lowest BCUT2D eigenvalue weighted by molar-refractivity contribution is 0.0767. The van der Waals surface area contributed by atoms with Gasteiger partial charge in [-0.2, -0.15) is 0 Å². The normalized spacial score (nSPS) is 20.0. The number of hydrogen-bond acceptors (Lipinski definition) is 5. The fourth-order valence-corrected chi connectivity index (χ4v) is 3.63. The number of aliphatic hydroxyl groups is 1. The van der Waals surface area contributed by atoms with Gasteiger partial charge in [0.05, 0.1) is 28.4 Å². The summed E-state index contributed by atoms with van der Waals surface area (Å²) < 4.78 is 5.51. The Hall–Kier alpha value is -2.73. The van der Waals surface area contributed by atoms with E-state index < -0.39 is 6.10 Å². The molecule has 0 unspecified atom stereocenters. The van der Waals surface area contributed by atoms with E-state index in [0.717, 1.165) is 29.5 Å². The summed E-state index contributed by atoms with van der Waals surface area (Å²) in [6.45, 7) is 0.932. The van der Waals surface area contributed by atoms with Crippen molar-refractivity contribution in [3.05, 3.63) is 47.7 Å². The number of rotatable bonds is 3. The first-order chi connectivity index (χ1) is 12.7. The summed E-state index contributed by atoms with van der Waals surface area (Å²) in [7, 11) is 0. The lowest BCUT2D eigenvalue weighted by atomic mass is 10.0. The Morgan fingerprint density at radius 1 is 1.19 bits per heavy atom. The predicted molar refractivity (Wildman–Crippen MR) is 95.7 cm³/mol. The molecule has 5 rings (SSSR count). The van der Waals surface area contributed by atoms with Crippen molar-refractivity contribution in [2.45, 2.75) is 31.3 Å². The second kappa shape index (κ2) is 5.92. The van der Waals surface area contributed by atoms with Gasteiger partial charge in [-0.05, 0) is 25.3 Å². The van der Waals surface area contributed by atoms with E-state index in [1.54, 1.807) is 4.90 Å². The zero-order valence-corrected chi connectivity index (χ0v) is 14.3. The number of pyridine rings is 1. The van der Waals surface area contributed by atoms with Crippen molar-refractivity contribution in [2.75, 3.05) is 13.1 Å². The van der Waals surface area contributed by atoms with Gasteiger partial charge in [-0.1, -0.05) is 35.5 Å². The highest BCUT2D eigenvalue weighted by atomic mass is 16.5. The molecule has 0 bridgehead atoms. The minimum absolute atomic E-state index is 0.0868.